The van der Waals surface area contributed by atoms with Gasteiger partial charge in [0.05, 0.1) is 4.90 Å². The lowest BCUT2D eigenvalue weighted by Crippen LogP contribution is -2.40. The molecule has 2 aromatic carbocycles. The van der Waals surface area contributed by atoms with Gasteiger partial charge in [-0.15, -0.1) is 0 Å². The lowest BCUT2D eigenvalue weighted by atomic mass is 10.2. The van der Waals surface area contributed by atoms with Gasteiger partial charge in [-0.3, -0.25) is 9.59 Å². The summed E-state index contributed by atoms with van der Waals surface area (Å²) in [6.07, 6.45) is -1.04. The molecular formula is C20H23ClN2O5S. The first-order valence-electron chi connectivity index (χ1n) is 8.81. The third-order valence-corrected chi connectivity index (χ3v) is 6.24. The first kappa shape index (κ1) is 22.9. The van der Waals surface area contributed by atoms with Crippen LogP contribution in [0.1, 0.15) is 12.5 Å². The normalized spacial score (nSPS) is 12.4. The maximum absolute atomic E-state index is 12.5. The average molecular weight is 439 g/mol. The predicted octanol–water partition coefficient (Wildman–Crippen LogP) is 2.55. The second-order valence-corrected chi connectivity index (χ2v) is 9.01. The number of likely N-dealkylation sites (N-methyl/N-ethyl adjacent to an activating group) is 2. The van der Waals surface area contributed by atoms with Crippen LogP contribution in [0.2, 0.25) is 5.02 Å². The first-order chi connectivity index (χ1) is 13.6. The molecule has 0 aromatic heterocycles. The van der Waals surface area contributed by atoms with Gasteiger partial charge < -0.3 is 9.64 Å². The van der Waals surface area contributed by atoms with Crippen molar-refractivity contribution in [2.24, 2.45) is 0 Å². The molecule has 9 heteroatoms. The predicted molar refractivity (Wildman–Crippen MR) is 110 cm³/mol. The molecule has 0 saturated heterocycles. The van der Waals surface area contributed by atoms with Gasteiger partial charge in [-0.2, -0.15) is 4.31 Å². The zero-order valence-electron chi connectivity index (χ0n) is 16.4. The van der Waals surface area contributed by atoms with Gasteiger partial charge in [-0.05, 0) is 36.8 Å². The molecule has 2 rings (SSSR count). The van der Waals surface area contributed by atoms with Crippen molar-refractivity contribution in [3.63, 3.8) is 0 Å². The van der Waals surface area contributed by atoms with Crippen molar-refractivity contribution in [3.05, 3.63) is 65.2 Å². The van der Waals surface area contributed by atoms with E-state index >= 15 is 0 Å². The van der Waals surface area contributed by atoms with Gasteiger partial charge in [0.2, 0.25) is 10.0 Å². The maximum Gasteiger partial charge on any atom is 0.322 e. The molecule has 2 aromatic rings. The molecule has 0 spiro atoms. The molecule has 1 atom stereocenters. The number of esters is 1. The topological polar surface area (TPSA) is 84.0 Å². The van der Waals surface area contributed by atoms with E-state index in [9.17, 15) is 18.0 Å². The number of sulfonamides is 1. The van der Waals surface area contributed by atoms with Crippen LogP contribution in [-0.4, -0.2) is 56.2 Å². The summed E-state index contributed by atoms with van der Waals surface area (Å²) in [7, 11) is -1.01. The SMILES string of the molecule is CC(OC(=O)CN(C)S(=O)(=O)c1ccc(Cl)cc1)C(=O)N(C)Cc1ccccc1. The number of rotatable bonds is 8. The Kier molecular flexibility index (Phi) is 7.78. The number of benzene rings is 2. The molecule has 7 nitrogen and oxygen atoms in total. The number of hydrogen-bond acceptors (Lipinski definition) is 5. The van der Waals surface area contributed by atoms with Crippen LogP contribution in [-0.2, 0) is 30.9 Å². The van der Waals surface area contributed by atoms with Gasteiger partial charge in [-0.25, -0.2) is 8.42 Å². The summed E-state index contributed by atoms with van der Waals surface area (Å²) in [5.74, 6) is -1.20. The van der Waals surface area contributed by atoms with E-state index in [-0.39, 0.29) is 10.8 Å². The molecule has 0 aliphatic heterocycles. The van der Waals surface area contributed by atoms with Gasteiger partial charge in [0.25, 0.3) is 5.91 Å². The highest BCUT2D eigenvalue weighted by Gasteiger charge is 2.26. The van der Waals surface area contributed by atoms with Crippen molar-refractivity contribution in [1.82, 2.24) is 9.21 Å². The molecule has 1 amide bonds. The highest BCUT2D eigenvalue weighted by Crippen LogP contribution is 2.17. The Morgan fingerprint density at radius 3 is 2.21 bits per heavy atom. The van der Waals surface area contributed by atoms with E-state index in [0.717, 1.165) is 9.87 Å². The molecule has 29 heavy (non-hydrogen) atoms. The van der Waals surface area contributed by atoms with Crippen LogP contribution in [0.25, 0.3) is 0 Å². The van der Waals surface area contributed by atoms with Crippen LogP contribution in [0.3, 0.4) is 0 Å². The second-order valence-electron chi connectivity index (χ2n) is 6.53. The third kappa shape index (κ3) is 6.28. The Hall–Kier alpha value is -2.42. The molecule has 1 unspecified atom stereocenters. The summed E-state index contributed by atoms with van der Waals surface area (Å²) < 4.78 is 31.0. The standard InChI is InChI=1S/C20H23ClN2O5S/c1-15(20(25)22(2)13-16-7-5-4-6-8-16)28-19(24)14-23(3)29(26,27)18-11-9-17(21)10-12-18/h4-12,15H,13-14H2,1-3H3. The molecule has 0 heterocycles. The Bertz CT molecular complexity index is 949. The molecule has 0 bridgehead atoms. The fourth-order valence-corrected chi connectivity index (χ4v) is 3.82. The summed E-state index contributed by atoms with van der Waals surface area (Å²) in [4.78, 5) is 26.0. The number of carbonyl (C=O) groups is 2. The zero-order chi connectivity index (χ0) is 21.6. The Morgan fingerprint density at radius 2 is 1.62 bits per heavy atom. The van der Waals surface area contributed by atoms with Crippen LogP contribution in [0.15, 0.2) is 59.5 Å². The van der Waals surface area contributed by atoms with Gasteiger partial charge >= 0.3 is 5.97 Å². The first-order valence-corrected chi connectivity index (χ1v) is 10.6. The van der Waals surface area contributed by atoms with Crippen LogP contribution in [0.5, 0.6) is 0 Å². The van der Waals surface area contributed by atoms with E-state index < -0.39 is 28.6 Å². The number of ether oxygens (including phenoxy) is 1. The number of halogens is 1. The van der Waals surface area contributed by atoms with E-state index in [1.54, 1.807) is 7.05 Å². The summed E-state index contributed by atoms with van der Waals surface area (Å²) in [5, 5.41) is 0.401. The van der Waals surface area contributed by atoms with Crippen molar-refractivity contribution in [2.75, 3.05) is 20.6 Å². The fourth-order valence-electron chi connectivity index (χ4n) is 2.58. The van der Waals surface area contributed by atoms with Crippen molar-refractivity contribution in [1.29, 1.82) is 0 Å². The van der Waals surface area contributed by atoms with Crippen LogP contribution >= 0.6 is 11.6 Å². The largest absolute Gasteiger partial charge is 0.452 e. The smallest absolute Gasteiger partial charge is 0.322 e. The lowest BCUT2D eigenvalue weighted by Gasteiger charge is -2.22. The van der Waals surface area contributed by atoms with E-state index in [0.29, 0.717) is 11.6 Å². The monoisotopic (exact) mass is 438 g/mol. The highest BCUT2D eigenvalue weighted by atomic mass is 35.5. The van der Waals surface area contributed by atoms with E-state index in [2.05, 4.69) is 0 Å². The minimum absolute atomic E-state index is 0.00363. The Balaban J connectivity index is 1.93. The summed E-state index contributed by atoms with van der Waals surface area (Å²) >= 11 is 5.77. The van der Waals surface area contributed by atoms with Crippen molar-refractivity contribution < 1.29 is 22.7 Å². The summed E-state index contributed by atoms with van der Waals surface area (Å²) in [6, 6.07) is 15.0. The average Bonchev–Trinajstić information content (AvgIpc) is 2.68. The van der Waals surface area contributed by atoms with Crippen LogP contribution < -0.4 is 0 Å². The van der Waals surface area contributed by atoms with Crippen LogP contribution in [0, 0.1) is 0 Å². The molecule has 0 N–H and O–H groups in total. The van der Waals surface area contributed by atoms with Gasteiger partial charge in [-0.1, -0.05) is 41.9 Å². The highest BCUT2D eigenvalue weighted by molar-refractivity contribution is 7.89. The Labute approximate surface area is 175 Å². The van der Waals surface area contributed by atoms with E-state index in [1.807, 2.05) is 30.3 Å². The zero-order valence-corrected chi connectivity index (χ0v) is 18.0. The molecule has 156 valence electrons. The molecule has 0 fully saturated rings. The van der Waals surface area contributed by atoms with Crippen molar-refractivity contribution >= 4 is 33.5 Å². The lowest BCUT2D eigenvalue weighted by molar-refractivity contribution is -0.158. The van der Waals surface area contributed by atoms with Crippen LogP contribution in [0.4, 0.5) is 0 Å². The van der Waals surface area contributed by atoms with Gasteiger partial charge in [0, 0.05) is 25.7 Å². The van der Waals surface area contributed by atoms with E-state index in [1.165, 1.54) is 43.1 Å². The minimum Gasteiger partial charge on any atom is -0.452 e. The number of amides is 1. The van der Waals surface area contributed by atoms with E-state index in [4.69, 9.17) is 16.3 Å². The molecular weight excluding hydrogens is 416 g/mol. The molecule has 0 radical (unpaired) electrons. The van der Waals surface area contributed by atoms with Crippen molar-refractivity contribution in [2.45, 2.75) is 24.5 Å². The number of nitrogens with zero attached hydrogens (tertiary/aromatic N) is 2. The second kappa shape index (κ2) is 9.87. The van der Waals surface area contributed by atoms with Gasteiger partial charge in [0.1, 0.15) is 6.54 Å². The quantitative estimate of drug-likeness (QED) is 0.591. The maximum atomic E-state index is 12.5. The minimum atomic E-state index is -3.89. The number of carbonyl (C=O) groups excluding carboxylic acids is 2. The molecule has 0 aliphatic rings. The van der Waals surface area contributed by atoms with Crippen molar-refractivity contribution in [3.8, 4) is 0 Å². The Morgan fingerprint density at radius 1 is 1.03 bits per heavy atom. The van der Waals surface area contributed by atoms with Gasteiger partial charge in [0.15, 0.2) is 6.10 Å². The fraction of sp³-hybridized carbons (Fsp3) is 0.300. The number of hydrogen-bond donors (Lipinski definition) is 0. The third-order valence-electron chi connectivity index (χ3n) is 4.17. The molecule has 0 saturated carbocycles. The summed E-state index contributed by atoms with van der Waals surface area (Å²) in [6.45, 7) is 1.30. The molecule has 0 aliphatic carbocycles. The summed E-state index contributed by atoms with van der Waals surface area (Å²) in [5.41, 5.74) is 0.940.